The molecule has 0 aliphatic heterocycles. The largest absolute Gasteiger partial charge is 0.389 e. The normalized spacial score (nSPS) is 21.8. The average molecular weight is 255 g/mol. The van der Waals surface area contributed by atoms with Gasteiger partial charge < -0.3 is 20.5 Å². The molecule has 1 atom stereocenters. The summed E-state index contributed by atoms with van der Waals surface area (Å²) in [6.45, 7) is 4.46. The number of aliphatic imine (C=N–C) groups is 1. The number of nitrogens with zero attached hydrogens (tertiary/aromatic N) is 1. The van der Waals surface area contributed by atoms with Crippen LogP contribution in [0.4, 0.5) is 0 Å². The van der Waals surface area contributed by atoms with Crippen molar-refractivity contribution in [3.63, 3.8) is 0 Å². The van der Waals surface area contributed by atoms with Gasteiger partial charge in [0.1, 0.15) is 0 Å². The maximum absolute atomic E-state index is 9.76. The van der Waals surface area contributed by atoms with E-state index in [4.69, 9.17) is 4.74 Å². The number of hydrogen-bond donors (Lipinski definition) is 3. The van der Waals surface area contributed by atoms with Crippen LogP contribution in [0.1, 0.15) is 32.6 Å². The molecule has 0 aromatic heterocycles. The van der Waals surface area contributed by atoms with E-state index in [9.17, 15) is 5.11 Å². The number of aliphatic hydroxyl groups is 1. The van der Waals surface area contributed by atoms with Crippen molar-refractivity contribution >= 4 is 5.96 Å². The summed E-state index contributed by atoms with van der Waals surface area (Å²) in [4.78, 5) is 4.37. The smallest absolute Gasteiger partial charge is 0.191 e. The molecule has 0 bridgehead atoms. The van der Waals surface area contributed by atoms with Crippen LogP contribution in [0, 0.1) is 5.92 Å². The molecule has 18 heavy (non-hydrogen) atoms. The molecule has 0 heterocycles. The molecule has 0 aromatic carbocycles. The number of aliphatic hydroxyl groups excluding tert-OH is 1. The average Bonchev–Trinajstić information content (AvgIpc) is 3.20. The molecule has 0 radical (unpaired) electrons. The molecule has 2 aliphatic rings. The lowest BCUT2D eigenvalue weighted by Crippen LogP contribution is -2.39. The molecule has 0 amide bonds. The first kappa shape index (κ1) is 13.6. The highest BCUT2D eigenvalue weighted by atomic mass is 16.5. The Morgan fingerprint density at radius 2 is 2.17 bits per heavy atom. The van der Waals surface area contributed by atoms with Crippen LogP contribution in [0.5, 0.6) is 0 Å². The molecule has 5 heteroatoms. The van der Waals surface area contributed by atoms with Gasteiger partial charge >= 0.3 is 0 Å². The first-order valence-electron chi connectivity index (χ1n) is 7.08. The molecule has 3 N–H and O–H groups in total. The lowest BCUT2D eigenvalue weighted by molar-refractivity contribution is 0.0368. The molecular formula is C13H25N3O2. The lowest BCUT2D eigenvalue weighted by atomic mass is 10.4. The highest BCUT2D eigenvalue weighted by molar-refractivity contribution is 5.80. The van der Waals surface area contributed by atoms with Crippen molar-refractivity contribution < 1.29 is 9.84 Å². The SMILES string of the molecule is CCNC(=NCC(O)COCC1CC1)NC1CC1. The van der Waals surface area contributed by atoms with E-state index in [1.54, 1.807) is 0 Å². The number of guanidine groups is 1. The monoisotopic (exact) mass is 255 g/mol. The molecule has 2 rings (SSSR count). The quantitative estimate of drug-likeness (QED) is 0.436. The lowest BCUT2D eigenvalue weighted by Gasteiger charge is -2.12. The van der Waals surface area contributed by atoms with Crippen LogP contribution in [0.2, 0.25) is 0 Å². The predicted octanol–water partition coefficient (Wildman–Crippen LogP) is 0.491. The van der Waals surface area contributed by atoms with Gasteiger partial charge in [-0.15, -0.1) is 0 Å². The van der Waals surface area contributed by atoms with E-state index >= 15 is 0 Å². The van der Waals surface area contributed by atoms with Crippen LogP contribution in [0.15, 0.2) is 4.99 Å². The Hall–Kier alpha value is -0.810. The fourth-order valence-corrected chi connectivity index (χ4v) is 1.65. The summed E-state index contributed by atoms with van der Waals surface area (Å²) < 4.78 is 5.44. The van der Waals surface area contributed by atoms with Crippen LogP contribution in [0.25, 0.3) is 0 Å². The van der Waals surface area contributed by atoms with E-state index in [1.807, 2.05) is 6.92 Å². The first-order valence-corrected chi connectivity index (χ1v) is 7.08. The van der Waals surface area contributed by atoms with Crippen molar-refractivity contribution in [2.24, 2.45) is 10.9 Å². The van der Waals surface area contributed by atoms with E-state index in [0.717, 1.165) is 25.0 Å². The fourth-order valence-electron chi connectivity index (χ4n) is 1.65. The number of hydrogen-bond acceptors (Lipinski definition) is 3. The molecule has 2 saturated carbocycles. The van der Waals surface area contributed by atoms with Crippen molar-refractivity contribution in [2.45, 2.75) is 44.8 Å². The summed E-state index contributed by atoms with van der Waals surface area (Å²) in [5, 5.41) is 16.3. The Labute approximate surface area is 109 Å². The predicted molar refractivity (Wildman–Crippen MR) is 71.7 cm³/mol. The first-order chi connectivity index (χ1) is 8.78. The van der Waals surface area contributed by atoms with Gasteiger partial charge in [-0.25, -0.2) is 0 Å². The van der Waals surface area contributed by atoms with Gasteiger partial charge in [-0.2, -0.15) is 0 Å². The summed E-state index contributed by atoms with van der Waals surface area (Å²) in [7, 11) is 0. The van der Waals surface area contributed by atoms with E-state index < -0.39 is 6.10 Å². The Morgan fingerprint density at radius 3 is 2.78 bits per heavy atom. The van der Waals surface area contributed by atoms with Gasteiger partial charge in [-0.3, -0.25) is 4.99 Å². The van der Waals surface area contributed by atoms with Crippen LogP contribution in [0.3, 0.4) is 0 Å². The third kappa shape index (κ3) is 5.69. The summed E-state index contributed by atoms with van der Waals surface area (Å²) >= 11 is 0. The summed E-state index contributed by atoms with van der Waals surface area (Å²) in [5.74, 6) is 1.55. The Kier molecular flexibility index (Phi) is 5.26. The standard InChI is InChI=1S/C13H25N3O2/c1-2-14-13(16-11-5-6-11)15-7-12(17)9-18-8-10-3-4-10/h10-12,17H,2-9H2,1H3,(H2,14,15,16). The van der Waals surface area contributed by atoms with Crippen molar-refractivity contribution in [3.05, 3.63) is 0 Å². The molecule has 0 aromatic rings. The van der Waals surface area contributed by atoms with Gasteiger partial charge in [-0.1, -0.05) is 0 Å². The van der Waals surface area contributed by atoms with Crippen molar-refractivity contribution in [1.82, 2.24) is 10.6 Å². The van der Waals surface area contributed by atoms with Crippen molar-refractivity contribution in [1.29, 1.82) is 0 Å². The van der Waals surface area contributed by atoms with Gasteiger partial charge in [0.2, 0.25) is 0 Å². The van der Waals surface area contributed by atoms with E-state index in [2.05, 4.69) is 15.6 Å². The zero-order chi connectivity index (χ0) is 12.8. The molecule has 104 valence electrons. The van der Waals surface area contributed by atoms with E-state index in [0.29, 0.717) is 19.2 Å². The minimum atomic E-state index is -0.501. The minimum absolute atomic E-state index is 0.392. The van der Waals surface area contributed by atoms with Gasteiger partial charge in [-0.05, 0) is 38.5 Å². The van der Waals surface area contributed by atoms with Gasteiger partial charge in [0.25, 0.3) is 0 Å². The van der Waals surface area contributed by atoms with E-state index in [1.165, 1.54) is 25.7 Å². The summed E-state index contributed by atoms with van der Waals surface area (Å²) in [5.41, 5.74) is 0. The van der Waals surface area contributed by atoms with Crippen molar-refractivity contribution in [2.75, 3.05) is 26.3 Å². The number of nitrogens with one attached hydrogen (secondary N) is 2. The molecular weight excluding hydrogens is 230 g/mol. The topological polar surface area (TPSA) is 65.9 Å². The van der Waals surface area contributed by atoms with Gasteiger partial charge in [0.15, 0.2) is 5.96 Å². The second-order valence-corrected chi connectivity index (χ2v) is 5.27. The van der Waals surface area contributed by atoms with Crippen molar-refractivity contribution in [3.8, 4) is 0 Å². The molecule has 1 unspecified atom stereocenters. The Bertz CT molecular complexity index is 275. The van der Waals surface area contributed by atoms with Crippen LogP contribution < -0.4 is 10.6 Å². The van der Waals surface area contributed by atoms with Crippen LogP contribution >= 0.6 is 0 Å². The minimum Gasteiger partial charge on any atom is -0.389 e. The molecule has 0 spiro atoms. The summed E-state index contributed by atoms with van der Waals surface area (Å²) in [6, 6.07) is 0.575. The van der Waals surface area contributed by atoms with Gasteiger partial charge in [0, 0.05) is 19.2 Å². The second-order valence-electron chi connectivity index (χ2n) is 5.27. The second kappa shape index (κ2) is 6.95. The zero-order valence-electron chi connectivity index (χ0n) is 11.2. The van der Waals surface area contributed by atoms with Crippen LogP contribution in [-0.4, -0.2) is 49.5 Å². The zero-order valence-corrected chi connectivity index (χ0v) is 11.2. The number of rotatable bonds is 8. The maximum Gasteiger partial charge on any atom is 0.191 e. The highest BCUT2D eigenvalue weighted by Crippen LogP contribution is 2.28. The molecule has 2 aliphatic carbocycles. The third-order valence-electron chi connectivity index (χ3n) is 3.08. The Morgan fingerprint density at radius 1 is 1.39 bits per heavy atom. The molecule has 0 saturated heterocycles. The fraction of sp³-hybridized carbons (Fsp3) is 0.923. The van der Waals surface area contributed by atoms with Gasteiger partial charge in [0.05, 0.1) is 19.3 Å². The Balaban J connectivity index is 1.60. The molecule has 2 fully saturated rings. The number of ether oxygens (including phenoxy) is 1. The van der Waals surface area contributed by atoms with Crippen LogP contribution in [-0.2, 0) is 4.74 Å². The van der Waals surface area contributed by atoms with E-state index in [-0.39, 0.29) is 0 Å². The third-order valence-corrected chi connectivity index (χ3v) is 3.08. The molecule has 5 nitrogen and oxygen atoms in total. The summed E-state index contributed by atoms with van der Waals surface area (Å²) in [6.07, 6.45) is 4.50. The maximum atomic E-state index is 9.76. The highest BCUT2D eigenvalue weighted by Gasteiger charge is 2.23.